The minimum absolute atomic E-state index is 0.327. The first kappa shape index (κ1) is 46.3. The summed E-state index contributed by atoms with van der Waals surface area (Å²) >= 11 is 4.86. The molecule has 4 nitrogen and oxygen atoms in total. The number of benzene rings is 1. The second kappa shape index (κ2) is 23.3. The smallest absolute Gasteiger partial charge is 0.116 e. The molecule has 1 saturated carbocycles. The van der Waals surface area contributed by atoms with E-state index in [0.29, 0.717) is 22.2 Å². The lowest BCUT2D eigenvalue weighted by Crippen LogP contribution is -2.22. The van der Waals surface area contributed by atoms with Crippen molar-refractivity contribution in [3.05, 3.63) is 69.3 Å². The van der Waals surface area contributed by atoms with Crippen molar-refractivity contribution < 1.29 is 0 Å². The van der Waals surface area contributed by atoms with Gasteiger partial charge in [0, 0.05) is 37.2 Å². The summed E-state index contributed by atoms with van der Waals surface area (Å²) in [5.41, 5.74) is 8.70. The molecule has 2 aliphatic carbocycles. The van der Waals surface area contributed by atoms with Crippen molar-refractivity contribution in [2.45, 2.75) is 201 Å². The molecule has 0 aliphatic heterocycles. The van der Waals surface area contributed by atoms with Crippen LogP contribution in [0.3, 0.4) is 0 Å². The summed E-state index contributed by atoms with van der Waals surface area (Å²) in [5, 5.41) is 1.31. The summed E-state index contributed by atoms with van der Waals surface area (Å²) < 4.78 is 14.3. The molecule has 2 aliphatic rings. The summed E-state index contributed by atoms with van der Waals surface area (Å²) in [7, 11) is 0. The third kappa shape index (κ3) is 11.9. The van der Waals surface area contributed by atoms with Crippen LogP contribution in [0.2, 0.25) is 0 Å². The molecule has 0 bridgehead atoms. The number of hydrogen-bond donors (Lipinski definition) is 0. The van der Waals surface area contributed by atoms with Crippen LogP contribution in [-0.4, -0.2) is 18.7 Å². The highest BCUT2D eigenvalue weighted by atomic mass is 32.1. The Morgan fingerprint density at radius 1 is 0.590 bits per heavy atom. The van der Waals surface area contributed by atoms with Gasteiger partial charge in [0.2, 0.25) is 0 Å². The van der Waals surface area contributed by atoms with Crippen molar-refractivity contribution in [2.75, 3.05) is 0 Å². The Labute approximate surface area is 379 Å². The number of fused-ring (bicyclic) bond motifs is 4. The van der Waals surface area contributed by atoms with Gasteiger partial charge in [0.1, 0.15) is 16.6 Å². The highest BCUT2D eigenvalue weighted by Crippen LogP contribution is 2.44. The topological polar surface area (TPSA) is 51.6 Å². The number of aromatic nitrogens is 4. The molecule has 61 heavy (non-hydrogen) atoms. The zero-order valence-corrected chi connectivity index (χ0v) is 40.7. The van der Waals surface area contributed by atoms with E-state index in [1.165, 1.54) is 211 Å². The van der Waals surface area contributed by atoms with E-state index in [0.717, 1.165) is 48.5 Å². The predicted molar refractivity (Wildman–Crippen MR) is 266 cm³/mol. The van der Waals surface area contributed by atoms with Gasteiger partial charge < -0.3 is 0 Å². The first-order chi connectivity index (χ1) is 29.9. The molecule has 0 amide bonds. The highest BCUT2D eigenvalue weighted by molar-refractivity contribution is 7.12. The molecular formula is C54H74N4S3. The second-order valence-corrected chi connectivity index (χ2v) is 21.8. The summed E-state index contributed by atoms with van der Waals surface area (Å²) in [5.74, 6) is 2.27. The molecule has 4 heterocycles. The number of unbranched alkanes of at least 4 members (excludes halogenated alkanes) is 20. The van der Waals surface area contributed by atoms with Gasteiger partial charge in [-0.2, -0.15) is 8.75 Å². The monoisotopic (exact) mass is 875 g/mol. The molecule has 328 valence electrons. The van der Waals surface area contributed by atoms with Crippen molar-refractivity contribution in [1.82, 2.24) is 18.7 Å². The van der Waals surface area contributed by atoms with Gasteiger partial charge in [0.25, 0.3) is 0 Å². The van der Waals surface area contributed by atoms with E-state index < -0.39 is 0 Å². The van der Waals surface area contributed by atoms with Gasteiger partial charge in [-0.3, -0.25) is 0 Å². The van der Waals surface area contributed by atoms with Crippen molar-refractivity contribution in [3.8, 4) is 0 Å². The van der Waals surface area contributed by atoms with Gasteiger partial charge in [-0.15, -0.1) is 22.7 Å². The van der Waals surface area contributed by atoms with Gasteiger partial charge in [-0.1, -0.05) is 181 Å². The fourth-order valence-electron chi connectivity index (χ4n) is 10.6. The average Bonchev–Trinajstić information content (AvgIpc) is 4.04. The lowest BCUT2D eigenvalue weighted by Gasteiger charge is -2.34. The van der Waals surface area contributed by atoms with E-state index in [1.807, 2.05) is 36.5 Å². The first-order valence-corrected chi connectivity index (χ1v) is 27.2. The Morgan fingerprint density at radius 2 is 1.07 bits per heavy atom. The lowest BCUT2D eigenvalue weighted by atomic mass is 9.71. The Kier molecular flexibility index (Phi) is 17.6. The zero-order chi connectivity index (χ0) is 42.6. The molecule has 2 unspecified atom stereocenters. The van der Waals surface area contributed by atoms with Crippen LogP contribution in [0.1, 0.15) is 210 Å². The second-order valence-electron chi connectivity index (χ2n) is 19.0. The molecule has 3 atom stereocenters. The zero-order valence-electron chi connectivity index (χ0n) is 38.3. The minimum Gasteiger partial charge on any atom is -0.249 e. The Bertz CT molecular complexity index is 2510. The van der Waals surface area contributed by atoms with E-state index in [2.05, 4.69) is 43.0 Å². The van der Waals surface area contributed by atoms with Crippen LogP contribution < -0.4 is 9.75 Å². The maximum absolute atomic E-state index is 8.99. The summed E-state index contributed by atoms with van der Waals surface area (Å²) in [6.07, 6.45) is 40.8. The molecule has 5 aromatic rings. The molecule has 4 aromatic heterocycles. The van der Waals surface area contributed by atoms with Crippen LogP contribution >= 0.6 is 34.4 Å². The average molecular weight is 875 g/mol. The summed E-state index contributed by atoms with van der Waals surface area (Å²) in [4.78, 5) is 9.95. The summed E-state index contributed by atoms with van der Waals surface area (Å²) in [6.45, 7) is 22.0. The largest absolute Gasteiger partial charge is 0.249 e. The number of allylic oxidation sites excluding steroid dienone is 1. The van der Waals surface area contributed by atoms with Gasteiger partial charge in [-0.05, 0) is 68.6 Å². The molecule has 2 radical (unpaired) electrons. The van der Waals surface area contributed by atoms with E-state index in [1.54, 1.807) is 0 Å². The van der Waals surface area contributed by atoms with E-state index in [4.69, 9.17) is 20.9 Å². The highest BCUT2D eigenvalue weighted by Gasteiger charge is 2.30. The molecule has 0 spiro atoms. The van der Waals surface area contributed by atoms with Crippen LogP contribution in [0.5, 0.6) is 0 Å². The number of hydrogen-bond acceptors (Lipinski definition) is 7. The SMILES string of the molecule is [C]=c1c2nsnc2/c(=c2\cc3c(s2)=c2sc(=C)cc2/C3=C/C2CC(CCCCCCCCCCCCCC)C[C@@H](CCCCCCCCCCCC)C2)c2nc(C)c(C)nc12. The van der Waals surface area contributed by atoms with E-state index >= 15 is 0 Å². The summed E-state index contributed by atoms with van der Waals surface area (Å²) in [6, 6.07) is 4.75. The predicted octanol–water partition coefficient (Wildman–Crippen LogP) is 15.7. The quantitative estimate of drug-likeness (QED) is 0.0538. The molecule has 1 aromatic carbocycles. The molecule has 0 N–H and O–H groups in total. The lowest BCUT2D eigenvalue weighted by molar-refractivity contribution is 0.198. The van der Waals surface area contributed by atoms with Crippen LogP contribution in [0, 0.1) is 50.4 Å². The fourth-order valence-corrected chi connectivity index (χ4v) is 13.5. The number of thiophene rings is 2. The van der Waals surface area contributed by atoms with Crippen LogP contribution in [0.15, 0.2) is 18.2 Å². The Hall–Kier alpha value is -2.74. The number of nitrogens with zero attached hydrogens (tertiary/aromatic N) is 4. The van der Waals surface area contributed by atoms with Gasteiger partial charge in [-0.25, -0.2) is 9.97 Å². The van der Waals surface area contributed by atoms with Crippen LogP contribution in [-0.2, 0) is 0 Å². The minimum atomic E-state index is 0.327. The maximum atomic E-state index is 8.99. The molecular weight excluding hydrogens is 801 g/mol. The van der Waals surface area contributed by atoms with Crippen molar-refractivity contribution in [1.29, 1.82) is 0 Å². The number of aryl methyl sites for hydroxylation is 2. The van der Waals surface area contributed by atoms with E-state index in [9.17, 15) is 0 Å². The van der Waals surface area contributed by atoms with Crippen molar-refractivity contribution in [2.24, 2.45) is 17.8 Å². The van der Waals surface area contributed by atoms with E-state index in [-0.39, 0.29) is 0 Å². The molecule has 0 saturated heterocycles. The fraction of sp³-hybridized carbons (Fsp3) is 0.630. The third-order valence-electron chi connectivity index (χ3n) is 14.1. The van der Waals surface area contributed by atoms with Crippen LogP contribution in [0.4, 0.5) is 0 Å². The van der Waals surface area contributed by atoms with Crippen molar-refractivity contribution >= 4 is 75.2 Å². The van der Waals surface area contributed by atoms with Crippen molar-refractivity contribution in [3.63, 3.8) is 0 Å². The third-order valence-corrected chi connectivity index (χ3v) is 16.9. The van der Waals surface area contributed by atoms with Gasteiger partial charge in [0.05, 0.1) is 37.7 Å². The number of rotatable bonds is 25. The Morgan fingerprint density at radius 3 is 1.62 bits per heavy atom. The molecule has 1 fully saturated rings. The van der Waals surface area contributed by atoms with Gasteiger partial charge >= 0.3 is 0 Å². The Balaban J connectivity index is 1.09. The maximum Gasteiger partial charge on any atom is 0.116 e. The molecule has 7 heteroatoms. The molecule has 7 rings (SSSR count). The standard InChI is InChI=1S/C54H74N4S3/c1-7-9-11-13-15-17-19-20-22-24-26-28-30-42-32-41(29-27-25-23-21-18-16-14-12-10-8-2)33-43(34-42)35-44-45-31-37(3)59-53(45)54-46(44)36-47(60-54)48-51-49(55-39(5)40(6)56-51)38(4)50-52(48)58-61-57-50/h31,35-36,41-43H,3,7-30,32-34H2,1-2,5-6H3/b44-35-,48-47+/t41-,42?,43?/m1/s1. The first-order valence-electron chi connectivity index (χ1n) is 24.8. The van der Waals surface area contributed by atoms with Crippen LogP contribution in [0.25, 0.3) is 40.8 Å². The van der Waals surface area contributed by atoms with Gasteiger partial charge in [0.15, 0.2) is 0 Å². The normalized spacial score (nSPS) is 18.8.